The normalized spacial score (nSPS) is 14.9. The zero-order valence-electron chi connectivity index (χ0n) is 18.2. The van der Waals surface area contributed by atoms with Crippen LogP contribution < -0.4 is 10.1 Å². The summed E-state index contributed by atoms with van der Waals surface area (Å²) in [5.41, 5.74) is 0.903. The van der Waals surface area contributed by atoms with Crippen LogP contribution in [-0.2, 0) is 27.3 Å². The van der Waals surface area contributed by atoms with E-state index in [0.29, 0.717) is 49.6 Å². The van der Waals surface area contributed by atoms with Crippen molar-refractivity contribution in [1.29, 1.82) is 0 Å². The summed E-state index contributed by atoms with van der Waals surface area (Å²) in [5.74, 6) is 1.70. The van der Waals surface area contributed by atoms with Gasteiger partial charge in [-0.1, -0.05) is 23.9 Å². The highest BCUT2D eigenvalue weighted by Gasteiger charge is 2.21. The summed E-state index contributed by atoms with van der Waals surface area (Å²) in [6.45, 7) is 6.95. The van der Waals surface area contributed by atoms with Gasteiger partial charge in [0.1, 0.15) is 5.75 Å². The Hall–Kier alpha value is -2.59. The third-order valence-corrected chi connectivity index (χ3v) is 5.99. The Morgan fingerprint density at radius 2 is 1.94 bits per heavy atom. The highest BCUT2D eigenvalue weighted by molar-refractivity contribution is 7.99. The number of nitrogens with zero attached hydrogens (tertiary/aromatic N) is 4. The van der Waals surface area contributed by atoms with Gasteiger partial charge in [-0.3, -0.25) is 9.59 Å². The molecule has 0 aliphatic carbocycles. The highest BCUT2D eigenvalue weighted by Crippen LogP contribution is 2.21. The fourth-order valence-electron chi connectivity index (χ4n) is 3.34. The molecule has 1 N–H and O–H groups in total. The SMILES string of the molecule is CCn1c(SCC(=O)N2CCOCC2)nnc1C(C)NC(=O)Cc1ccc(OC)cc1. The molecule has 2 aromatic rings. The standard InChI is InChI=1S/C21H29N5O4S/c1-4-26-20(15(2)22-18(27)13-16-5-7-17(29-3)8-6-16)23-24-21(26)31-14-19(28)25-9-11-30-12-10-25/h5-8,15H,4,9-14H2,1-3H3,(H,22,27). The van der Waals surface area contributed by atoms with Gasteiger partial charge in [0.2, 0.25) is 11.8 Å². The highest BCUT2D eigenvalue weighted by atomic mass is 32.2. The second-order valence-electron chi connectivity index (χ2n) is 7.18. The molecule has 1 saturated heterocycles. The molecule has 168 valence electrons. The number of benzene rings is 1. The van der Waals surface area contributed by atoms with E-state index < -0.39 is 0 Å². The number of nitrogens with one attached hydrogen (secondary N) is 1. The number of amides is 2. The quantitative estimate of drug-likeness (QED) is 0.584. The number of methoxy groups -OCH3 is 1. The molecule has 31 heavy (non-hydrogen) atoms. The molecule has 1 fully saturated rings. The van der Waals surface area contributed by atoms with Crippen LogP contribution in [-0.4, -0.2) is 70.6 Å². The molecule has 1 aromatic heterocycles. The van der Waals surface area contributed by atoms with Crippen LogP contribution in [0.15, 0.2) is 29.4 Å². The second-order valence-corrected chi connectivity index (χ2v) is 8.12. The molecule has 0 radical (unpaired) electrons. The van der Waals surface area contributed by atoms with E-state index in [0.717, 1.165) is 11.3 Å². The van der Waals surface area contributed by atoms with Crippen LogP contribution >= 0.6 is 11.8 Å². The van der Waals surface area contributed by atoms with Crippen molar-refractivity contribution in [2.45, 2.75) is 38.0 Å². The Morgan fingerprint density at radius 1 is 1.23 bits per heavy atom. The van der Waals surface area contributed by atoms with Crippen LogP contribution in [0.1, 0.15) is 31.3 Å². The molecule has 0 saturated carbocycles. The van der Waals surface area contributed by atoms with Gasteiger partial charge in [-0.15, -0.1) is 10.2 Å². The van der Waals surface area contributed by atoms with Crippen molar-refractivity contribution in [2.24, 2.45) is 0 Å². The number of carbonyl (C=O) groups excluding carboxylic acids is 2. The van der Waals surface area contributed by atoms with Crippen LogP contribution in [0.25, 0.3) is 0 Å². The Labute approximate surface area is 186 Å². The molecule has 0 spiro atoms. The van der Waals surface area contributed by atoms with E-state index in [-0.39, 0.29) is 24.3 Å². The molecule has 1 aliphatic rings. The maximum Gasteiger partial charge on any atom is 0.233 e. The lowest BCUT2D eigenvalue weighted by atomic mass is 10.1. The van der Waals surface area contributed by atoms with Crippen molar-refractivity contribution in [1.82, 2.24) is 25.0 Å². The Morgan fingerprint density at radius 3 is 2.58 bits per heavy atom. The first-order valence-electron chi connectivity index (χ1n) is 10.4. The van der Waals surface area contributed by atoms with Gasteiger partial charge in [-0.25, -0.2) is 0 Å². The summed E-state index contributed by atoms with van der Waals surface area (Å²) in [4.78, 5) is 26.7. The van der Waals surface area contributed by atoms with Crippen LogP contribution in [0.2, 0.25) is 0 Å². The smallest absolute Gasteiger partial charge is 0.233 e. The number of thioether (sulfide) groups is 1. The van der Waals surface area contributed by atoms with Gasteiger partial charge in [-0.05, 0) is 31.5 Å². The van der Waals surface area contributed by atoms with Gasteiger partial charge in [0, 0.05) is 19.6 Å². The first-order valence-corrected chi connectivity index (χ1v) is 11.3. The van der Waals surface area contributed by atoms with Crippen molar-refractivity contribution >= 4 is 23.6 Å². The van der Waals surface area contributed by atoms with Gasteiger partial charge < -0.3 is 24.3 Å². The topological polar surface area (TPSA) is 98.6 Å². The summed E-state index contributed by atoms with van der Waals surface area (Å²) < 4.78 is 12.4. The maximum atomic E-state index is 12.5. The zero-order chi connectivity index (χ0) is 22.2. The number of morpholine rings is 1. The Bertz CT molecular complexity index is 880. The summed E-state index contributed by atoms with van der Waals surface area (Å²) in [6, 6.07) is 7.11. The molecule has 1 unspecified atom stereocenters. The number of ether oxygens (including phenoxy) is 2. The maximum absolute atomic E-state index is 12.5. The fraction of sp³-hybridized carbons (Fsp3) is 0.524. The zero-order valence-corrected chi connectivity index (χ0v) is 19.0. The van der Waals surface area contributed by atoms with Gasteiger partial charge in [0.25, 0.3) is 0 Å². The van der Waals surface area contributed by atoms with Crippen LogP contribution in [0.5, 0.6) is 5.75 Å². The second kappa shape index (κ2) is 11.1. The van der Waals surface area contributed by atoms with Gasteiger partial charge >= 0.3 is 0 Å². The molecule has 2 amide bonds. The molecule has 2 heterocycles. The Balaban J connectivity index is 1.56. The lowest BCUT2D eigenvalue weighted by Gasteiger charge is -2.26. The largest absolute Gasteiger partial charge is 0.497 e. The number of rotatable bonds is 9. The number of aromatic nitrogens is 3. The van der Waals surface area contributed by atoms with E-state index in [9.17, 15) is 9.59 Å². The summed E-state index contributed by atoms with van der Waals surface area (Å²) in [7, 11) is 1.61. The summed E-state index contributed by atoms with van der Waals surface area (Å²) in [5, 5.41) is 12.2. The van der Waals surface area contributed by atoms with Crippen molar-refractivity contribution in [2.75, 3.05) is 39.2 Å². The monoisotopic (exact) mass is 447 g/mol. The van der Waals surface area contributed by atoms with Crippen LogP contribution in [0.3, 0.4) is 0 Å². The number of hydrogen-bond donors (Lipinski definition) is 1. The molecular weight excluding hydrogens is 418 g/mol. The van der Waals surface area contributed by atoms with Crippen molar-refractivity contribution in [3.63, 3.8) is 0 Å². The van der Waals surface area contributed by atoms with E-state index in [1.807, 2.05) is 47.6 Å². The first-order chi connectivity index (χ1) is 15.0. The molecule has 10 heteroatoms. The van der Waals surface area contributed by atoms with E-state index in [1.54, 1.807) is 7.11 Å². The van der Waals surface area contributed by atoms with Crippen molar-refractivity contribution in [3.8, 4) is 5.75 Å². The third-order valence-electron chi connectivity index (χ3n) is 5.04. The molecule has 1 aliphatic heterocycles. The molecule has 9 nitrogen and oxygen atoms in total. The van der Waals surface area contributed by atoms with Gasteiger partial charge in [0.15, 0.2) is 11.0 Å². The lowest BCUT2D eigenvalue weighted by molar-refractivity contribution is -0.132. The minimum Gasteiger partial charge on any atom is -0.497 e. The van der Waals surface area contributed by atoms with E-state index in [2.05, 4.69) is 15.5 Å². The fourth-order valence-corrected chi connectivity index (χ4v) is 4.25. The van der Waals surface area contributed by atoms with Gasteiger partial charge in [-0.2, -0.15) is 0 Å². The third kappa shape index (κ3) is 6.20. The average molecular weight is 448 g/mol. The number of carbonyl (C=O) groups is 2. The van der Waals surface area contributed by atoms with Gasteiger partial charge in [0.05, 0.1) is 38.5 Å². The first kappa shape index (κ1) is 23.1. The Kier molecular flexibility index (Phi) is 8.30. The molecule has 3 rings (SSSR count). The predicted molar refractivity (Wildman–Crippen MR) is 117 cm³/mol. The summed E-state index contributed by atoms with van der Waals surface area (Å²) >= 11 is 1.37. The predicted octanol–water partition coefficient (Wildman–Crippen LogP) is 1.68. The summed E-state index contributed by atoms with van der Waals surface area (Å²) in [6.07, 6.45) is 0.268. The van der Waals surface area contributed by atoms with E-state index in [4.69, 9.17) is 9.47 Å². The molecule has 1 atom stereocenters. The van der Waals surface area contributed by atoms with Crippen LogP contribution in [0.4, 0.5) is 0 Å². The van der Waals surface area contributed by atoms with E-state index >= 15 is 0 Å². The van der Waals surface area contributed by atoms with Crippen molar-refractivity contribution in [3.05, 3.63) is 35.7 Å². The number of hydrogen-bond acceptors (Lipinski definition) is 7. The minimum absolute atomic E-state index is 0.0707. The molecule has 0 bridgehead atoms. The minimum atomic E-state index is -0.303. The molecular formula is C21H29N5O4S. The average Bonchev–Trinajstić information content (AvgIpc) is 3.21. The molecule has 1 aromatic carbocycles. The van der Waals surface area contributed by atoms with Crippen LogP contribution in [0, 0.1) is 0 Å². The lowest BCUT2D eigenvalue weighted by Crippen LogP contribution is -2.41. The van der Waals surface area contributed by atoms with Crippen molar-refractivity contribution < 1.29 is 19.1 Å². The van der Waals surface area contributed by atoms with E-state index in [1.165, 1.54) is 11.8 Å².